The molecule has 1 atom stereocenters. The van der Waals surface area contributed by atoms with Gasteiger partial charge in [0.25, 0.3) is 10.1 Å². The van der Waals surface area contributed by atoms with Crippen LogP contribution in [0.4, 0.5) is 0 Å². The Morgan fingerprint density at radius 2 is 2.00 bits per heavy atom. The molecule has 0 aliphatic rings. The first-order chi connectivity index (χ1) is 3.95. The van der Waals surface area contributed by atoms with Gasteiger partial charge in [0.2, 0.25) is 0 Å². The minimum Gasteiger partial charge on any atom is -0.286 e. The molecule has 0 saturated heterocycles. The van der Waals surface area contributed by atoms with Crippen LogP contribution in [0, 0.1) is 0 Å². The third-order valence-electron chi connectivity index (χ3n) is 0.848. The summed E-state index contributed by atoms with van der Waals surface area (Å²) in [6.45, 7) is 1.75. The van der Waals surface area contributed by atoms with E-state index in [2.05, 4.69) is 0 Å². The van der Waals surface area contributed by atoms with Gasteiger partial charge < -0.3 is 0 Å². The minimum absolute atomic E-state index is 0. The van der Waals surface area contributed by atoms with Crippen LogP contribution in [0.5, 0.6) is 0 Å². The van der Waals surface area contributed by atoms with Crippen molar-refractivity contribution in [3.63, 3.8) is 0 Å². The Bertz CT molecular complexity index is 165. The van der Waals surface area contributed by atoms with E-state index in [1.165, 1.54) is 11.8 Å². The summed E-state index contributed by atoms with van der Waals surface area (Å²) < 4.78 is 28.6. The predicted octanol–water partition coefficient (Wildman–Crippen LogP) is -2.37. The molecule has 0 aromatic heterocycles. The number of thioether (sulfide) groups is 1. The molecule has 1 N–H and O–H groups in total. The summed E-state index contributed by atoms with van der Waals surface area (Å²) in [5.41, 5.74) is 0. The normalized spacial score (nSPS) is 13.9. The van der Waals surface area contributed by atoms with E-state index in [1.807, 2.05) is 0 Å². The number of hydrogen-bond donors (Lipinski definition) is 1. The summed E-state index contributed by atoms with van der Waals surface area (Å²) >= 11 is 1.41. The first-order valence-electron chi connectivity index (χ1n) is 2.43. The van der Waals surface area contributed by atoms with Crippen molar-refractivity contribution in [3.8, 4) is 0 Å². The summed E-state index contributed by atoms with van der Waals surface area (Å²) in [6.07, 6.45) is 1.80. The summed E-state index contributed by atoms with van der Waals surface area (Å²) in [5, 5.41) is -0.0278. The van der Waals surface area contributed by atoms with Crippen LogP contribution < -0.4 is 29.6 Å². The van der Waals surface area contributed by atoms with Gasteiger partial charge in [-0.1, -0.05) is 6.92 Å². The van der Waals surface area contributed by atoms with Crippen molar-refractivity contribution < 1.29 is 42.5 Å². The van der Waals surface area contributed by atoms with E-state index in [1.54, 1.807) is 13.2 Å². The monoisotopic (exact) mass is 193 g/mol. The molecular weight excluding hydrogens is 183 g/mol. The Balaban J connectivity index is 0. The fourth-order valence-electron chi connectivity index (χ4n) is 0.365. The maximum absolute atomic E-state index is 10.1. The smallest absolute Gasteiger partial charge is 0.286 e. The van der Waals surface area contributed by atoms with Crippen molar-refractivity contribution in [2.45, 2.75) is 12.2 Å². The molecule has 1 unspecified atom stereocenters. The van der Waals surface area contributed by atoms with E-state index in [9.17, 15) is 8.42 Å². The van der Waals surface area contributed by atoms with E-state index < -0.39 is 10.1 Å². The maximum Gasteiger partial charge on any atom is 1.00 e. The van der Waals surface area contributed by atoms with E-state index in [-0.39, 0.29) is 40.6 Å². The topological polar surface area (TPSA) is 54.4 Å². The number of rotatable bonds is 3. The minimum atomic E-state index is -3.76. The van der Waals surface area contributed by atoms with E-state index in [0.717, 1.165) is 0 Å². The molecule has 10 heavy (non-hydrogen) atoms. The van der Waals surface area contributed by atoms with Crippen LogP contribution in [-0.4, -0.2) is 30.2 Å². The maximum atomic E-state index is 10.1. The van der Waals surface area contributed by atoms with Gasteiger partial charge in [0, 0.05) is 5.25 Å². The SMILES string of the molecule is CSC(C)CS(=O)(=O)O.[Na+]. The van der Waals surface area contributed by atoms with Crippen molar-refractivity contribution in [1.29, 1.82) is 0 Å². The molecule has 0 fully saturated rings. The van der Waals surface area contributed by atoms with Crippen LogP contribution >= 0.6 is 11.8 Å². The molecule has 0 aliphatic heterocycles. The second-order valence-electron chi connectivity index (χ2n) is 1.79. The van der Waals surface area contributed by atoms with E-state index in [0.29, 0.717) is 0 Å². The molecule has 6 heteroatoms. The summed E-state index contributed by atoms with van der Waals surface area (Å²) in [6, 6.07) is 0. The second-order valence-corrected chi connectivity index (χ2v) is 4.57. The van der Waals surface area contributed by atoms with Crippen LogP contribution in [-0.2, 0) is 10.1 Å². The van der Waals surface area contributed by atoms with Crippen molar-refractivity contribution in [2.75, 3.05) is 12.0 Å². The Hall–Kier alpha value is 1.26. The molecule has 0 spiro atoms. The van der Waals surface area contributed by atoms with Gasteiger partial charge in [-0.2, -0.15) is 20.2 Å². The van der Waals surface area contributed by atoms with Crippen molar-refractivity contribution in [3.05, 3.63) is 0 Å². The van der Waals surface area contributed by atoms with Gasteiger partial charge >= 0.3 is 29.6 Å². The molecule has 0 heterocycles. The van der Waals surface area contributed by atoms with E-state index >= 15 is 0 Å². The third-order valence-corrected chi connectivity index (χ3v) is 2.95. The molecule has 3 nitrogen and oxygen atoms in total. The fraction of sp³-hybridized carbons (Fsp3) is 1.00. The van der Waals surface area contributed by atoms with Crippen LogP contribution in [0.2, 0.25) is 0 Å². The van der Waals surface area contributed by atoms with Gasteiger partial charge in [-0.3, -0.25) is 4.55 Å². The molecule has 56 valence electrons. The second kappa shape index (κ2) is 5.85. The van der Waals surface area contributed by atoms with Crippen LogP contribution in [0.3, 0.4) is 0 Å². The van der Waals surface area contributed by atoms with Crippen molar-refractivity contribution in [2.24, 2.45) is 0 Å². The quantitative estimate of drug-likeness (QED) is 0.402. The molecule has 0 amide bonds. The largest absolute Gasteiger partial charge is 1.00 e. The Kier molecular flexibility index (Phi) is 8.09. The molecule has 0 aliphatic carbocycles. The summed E-state index contributed by atoms with van der Waals surface area (Å²) in [7, 11) is -3.76. The summed E-state index contributed by atoms with van der Waals surface area (Å²) in [5.74, 6) is -0.159. The van der Waals surface area contributed by atoms with Crippen LogP contribution in [0.1, 0.15) is 6.92 Å². The van der Waals surface area contributed by atoms with Gasteiger partial charge in [-0.15, -0.1) is 0 Å². The molecule has 0 radical (unpaired) electrons. The molecule has 0 rings (SSSR count). The molecule has 0 bridgehead atoms. The number of hydrogen-bond acceptors (Lipinski definition) is 3. The third kappa shape index (κ3) is 9.26. The fourth-order valence-corrected chi connectivity index (χ4v) is 2.02. The van der Waals surface area contributed by atoms with Gasteiger partial charge in [-0.25, -0.2) is 0 Å². The van der Waals surface area contributed by atoms with Gasteiger partial charge in [-0.05, 0) is 6.26 Å². The Morgan fingerprint density at radius 1 is 1.60 bits per heavy atom. The average molecular weight is 193 g/mol. The van der Waals surface area contributed by atoms with Crippen molar-refractivity contribution in [1.82, 2.24) is 0 Å². The first-order valence-corrected chi connectivity index (χ1v) is 5.33. The van der Waals surface area contributed by atoms with Crippen LogP contribution in [0.15, 0.2) is 0 Å². The summed E-state index contributed by atoms with van der Waals surface area (Å²) in [4.78, 5) is 0. The zero-order valence-corrected chi connectivity index (χ0v) is 10.00. The molecule has 0 saturated carbocycles. The predicted molar refractivity (Wildman–Crippen MR) is 39.4 cm³/mol. The zero-order valence-electron chi connectivity index (χ0n) is 6.36. The standard InChI is InChI=1S/C4H10O3S2.Na/c1-4(8-2)3-9(5,6)7;/h4H,3H2,1-2H3,(H,5,6,7);/q;+1. The molecule has 0 aromatic rings. The van der Waals surface area contributed by atoms with Gasteiger partial charge in [0.05, 0.1) is 5.75 Å². The van der Waals surface area contributed by atoms with Crippen LogP contribution in [0.25, 0.3) is 0 Å². The zero-order chi connectivity index (χ0) is 7.49. The molecular formula is C4H10NaO3S2+. The van der Waals surface area contributed by atoms with Gasteiger partial charge in [0.15, 0.2) is 0 Å². The average Bonchev–Trinajstić information content (AvgIpc) is 1.62. The molecule has 0 aromatic carbocycles. The Labute approximate surface area is 88.0 Å². The van der Waals surface area contributed by atoms with E-state index in [4.69, 9.17) is 4.55 Å². The van der Waals surface area contributed by atoms with Gasteiger partial charge in [0.1, 0.15) is 0 Å². The van der Waals surface area contributed by atoms with Crippen molar-refractivity contribution >= 4 is 21.9 Å². The first kappa shape index (κ1) is 13.8. The Morgan fingerprint density at radius 3 is 2.10 bits per heavy atom.